The number of carbonyl (C=O) groups is 2. The summed E-state index contributed by atoms with van der Waals surface area (Å²) in [7, 11) is 0. The van der Waals surface area contributed by atoms with Crippen LogP contribution in [0.25, 0.3) is 0 Å². The summed E-state index contributed by atoms with van der Waals surface area (Å²) < 4.78 is 5.22. The monoisotopic (exact) mass is 275 g/mol. The minimum absolute atomic E-state index is 0.119. The predicted molar refractivity (Wildman–Crippen MR) is 66.9 cm³/mol. The molecule has 0 aliphatic carbocycles. The van der Waals surface area contributed by atoms with E-state index in [2.05, 4.69) is 15.5 Å². The number of amides is 2. The van der Waals surface area contributed by atoms with Gasteiger partial charge in [-0.2, -0.15) is 0 Å². The lowest BCUT2D eigenvalue weighted by molar-refractivity contribution is -0.140. The van der Waals surface area contributed by atoms with Crippen molar-refractivity contribution in [1.82, 2.24) is 15.5 Å². The smallest absolute Gasteiger partial charge is 0.328 e. The third-order valence-corrected chi connectivity index (χ3v) is 2.80. The lowest BCUT2D eigenvalue weighted by atomic mass is 10.3. The molecule has 110 valence electrons. The second-order valence-electron chi connectivity index (χ2n) is 4.51. The summed E-state index contributed by atoms with van der Waals surface area (Å²) in [5.41, 5.74) is 0. The molecule has 2 amide bonds. The molecule has 0 spiro atoms. The summed E-state index contributed by atoms with van der Waals surface area (Å²) in [5, 5.41) is 22.3. The number of morpholine rings is 1. The van der Waals surface area contributed by atoms with Gasteiger partial charge in [-0.25, -0.2) is 9.59 Å². The summed E-state index contributed by atoms with van der Waals surface area (Å²) in [5.74, 6) is -1.27. The van der Waals surface area contributed by atoms with Crippen LogP contribution in [-0.4, -0.2) is 78.7 Å². The molecule has 1 fully saturated rings. The number of hydrogen-bond acceptors (Lipinski definition) is 5. The number of carboxylic acid groups (broad SMARTS) is 1. The third kappa shape index (κ3) is 5.86. The van der Waals surface area contributed by atoms with Crippen molar-refractivity contribution in [2.45, 2.75) is 19.0 Å². The highest BCUT2D eigenvalue weighted by Crippen LogP contribution is 1.98. The fourth-order valence-electron chi connectivity index (χ4n) is 1.83. The second-order valence-corrected chi connectivity index (χ2v) is 4.51. The van der Waals surface area contributed by atoms with E-state index in [9.17, 15) is 9.59 Å². The van der Waals surface area contributed by atoms with Gasteiger partial charge in [-0.3, -0.25) is 4.90 Å². The van der Waals surface area contributed by atoms with Crippen molar-refractivity contribution in [3.63, 3.8) is 0 Å². The fraction of sp³-hybridized carbons (Fsp3) is 0.818. The molecule has 0 aromatic carbocycles. The van der Waals surface area contributed by atoms with Crippen LogP contribution in [0.3, 0.4) is 0 Å². The number of aliphatic hydroxyl groups is 1. The van der Waals surface area contributed by atoms with Crippen molar-refractivity contribution in [3.8, 4) is 0 Å². The van der Waals surface area contributed by atoms with Crippen LogP contribution in [0.1, 0.15) is 6.92 Å². The molecule has 1 saturated heterocycles. The summed E-state index contributed by atoms with van der Waals surface area (Å²) in [6.07, 6.45) is 0. The molecule has 1 unspecified atom stereocenters. The van der Waals surface area contributed by atoms with Crippen LogP contribution in [0.2, 0.25) is 0 Å². The van der Waals surface area contributed by atoms with Crippen molar-refractivity contribution in [2.75, 3.05) is 39.5 Å². The SMILES string of the molecule is CC(CN1CCOCC1)NC(=O)N[C@H](CO)C(=O)O. The number of ether oxygens (including phenoxy) is 1. The van der Waals surface area contributed by atoms with Crippen molar-refractivity contribution < 1.29 is 24.5 Å². The van der Waals surface area contributed by atoms with E-state index in [1.54, 1.807) is 0 Å². The maximum absolute atomic E-state index is 11.5. The Morgan fingerprint density at radius 1 is 1.32 bits per heavy atom. The fourth-order valence-corrected chi connectivity index (χ4v) is 1.83. The topological polar surface area (TPSA) is 111 Å². The molecule has 0 saturated carbocycles. The highest BCUT2D eigenvalue weighted by molar-refractivity contribution is 5.82. The number of urea groups is 1. The Kier molecular flexibility index (Phi) is 6.54. The number of carbonyl (C=O) groups excluding carboxylic acids is 1. The van der Waals surface area contributed by atoms with Crippen molar-refractivity contribution in [3.05, 3.63) is 0 Å². The minimum atomic E-state index is -1.28. The normalized spacial score (nSPS) is 19.5. The number of aliphatic hydroxyl groups excluding tert-OH is 1. The average Bonchev–Trinajstić information content (AvgIpc) is 2.36. The molecule has 19 heavy (non-hydrogen) atoms. The number of hydrogen-bond donors (Lipinski definition) is 4. The van der Waals surface area contributed by atoms with E-state index >= 15 is 0 Å². The van der Waals surface area contributed by atoms with Gasteiger partial charge in [-0.1, -0.05) is 0 Å². The van der Waals surface area contributed by atoms with E-state index in [0.717, 1.165) is 13.1 Å². The molecule has 1 rings (SSSR count). The van der Waals surface area contributed by atoms with Crippen molar-refractivity contribution in [1.29, 1.82) is 0 Å². The van der Waals surface area contributed by atoms with E-state index in [4.69, 9.17) is 14.9 Å². The number of nitrogens with one attached hydrogen (secondary N) is 2. The van der Waals surface area contributed by atoms with E-state index in [0.29, 0.717) is 19.8 Å². The number of nitrogens with zero attached hydrogens (tertiary/aromatic N) is 1. The largest absolute Gasteiger partial charge is 0.480 e. The Morgan fingerprint density at radius 2 is 1.95 bits per heavy atom. The van der Waals surface area contributed by atoms with E-state index in [1.807, 2.05) is 6.92 Å². The Hall–Kier alpha value is -1.38. The lowest BCUT2D eigenvalue weighted by Crippen LogP contribution is -2.52. The van der Waals surface area contributed by atoms with Crippen LogP contribution in [0.4, 0.5) is 4.79 Å². The van der Waals surface area contributed by atoms with Gasteiger partial charge in [-0.15, -0.1) is 0 Å². The maximum Gasteiger partial charge on any atom is 0.328 e. The lowest BCUT2D eigenvalue weighted by Gasteiger charge is -2.29. The molecule has 4 N–H and O–H groups in total. The maximum atomic E-state index is 11.5. The van der Waals surface area contributed by atoms with Crippen LogP contribution >= 0.6 is 0 Å². The van der Waals surface area contributed by atoms with Gasteiger partial charge in [0.25, 0.3) is 0 Å². The zero-order valence-electron chi connectivity index (χ0n) is 11.0. The van der Waals surface area contributed by atoms with Gasteiger partial charge in [-0.05, 0) is 6.92 Å². The highest BCUT2D eigenvalue weighted by Gasteiger charge is 2.20. The molecule has 8 nitrogen and oxygen atoms in total. The van der Waals surface area contributed by atoms with Crippen LogP contribution in [0.5, 0.6) is 0 Å². The van der Waals surface area contributed by atoms with Gasteiger partial charge < -0.3 is 25.6 Å². The summed E-state index contributed by atoms with van der Waals surface area (Å²) in [4.78, 5) is 24.3. The predicted octanol–water partition coefficient (Wildman–Crippen LogP) is -1.55. The minimum Gasteiger partial charge on any atom is -0.480 e. The molecular weight excluding hydrogens is 254 g/mol. The van der Waals surface area contributed by atoms with Gasteiger partial charge >= 0.3 is 12.0 Å². The number of rotatable bonds is 6. The first-order valence-corrected chi connectivity index (χ1v) is 6.23. The van der Waals surface area contributed by atoms with Crippen LogP contribution in [0, 0.1) is 0 Å². The van der Waals surface area contributed by atoms with Gasteiger partial charge in [0.05, 0.1) is 19.8 Å². The highest BCUT2D eigenvalue weighted by atomic mass is 16.5. The standard InChI is InChI=1S/C11H21N3O5/c1-8(6-14-2-4-19-5-3-14)12-11(18)13-9(7-15)10(16)17/h8-9,15H,2-7H2,1H3,(H,16,17)(H2,12,13,18)/t8?,9-/m1/s1. The Labute approximate surface area is 111 Å². The second kappa shape index (κ2) is 7.93. The molecular formula is C11H21N3O5. The summed E-state index contributed by atoms with van der Waals surface area (Å²) in [6.45, 7) is 4.89. The quantitative estimate of drug-likeness (QED) is 0.467. The summed E-state index contributed by atoms with van der Waals surface area (Å²) in [6, 6.07) is -2.00. The molecule has 8 heteroatoms. The Morgan fingerprint density at radius 3 is 2.47 bits per heavy atom. The third-order valence-electron chi connectivity index (χ3n) is 2.80. The molecule has 1 heterocycles. The first kappa shape index (κ1) is 15.7. The van der Waals surface area contributed by atoms with E-state index < -0.39 is 24.6 Å². The van der Waals surface area contributed by atoms with Crippen molar-refractivity contribution >= 4 is 12.0 Å². The van der Waals surface area contributed by atoms with E-state index in [-0.39, 0.29) is 6.04 Å². The van der Waals surface area contributed by atoms with Crippen LogP contribution in [-0.2, 0) is 9.53 Å². The Bertz CT molecular complexity index is 307. The zero-order valence-corrected chi connectivity index (χ0v) is 11.0. The number of carboxylic acids is 1. The first-order chi connectivity index (χ1) is 9.02. The summed E-state index contributed by atoms with van der Waals surface area (Å²) >= 11 is 0. The average molecular weight is 275 g/mol. The molecule has 0 aromatic heterocycles. The first-order valence-electron chi connectivity index (χ1n) is 6.23. The van der Waals surface area contributed by atoms with E-state index in [1.165, 1.54) is 0 Å². The molecule has 1 aliphatic heterocycles. The van der Waals surface area contributed by atoms with Gasteiger partial charge in [0, 0.05) is 25.7 Å². The molecule has 1 aliphatic rings. The molecule has 2 atom stereocenters. The number of aliphatic carboxylic acids is 1. The molecule has 0 bridgehead atoms. The zero-order chi connectivity index (χ0) is 14.3. The Balaban J connectivity index is 2.28. The van der Waals surface area contributed by atoms with Gasteiger partial charge in [0.1, 0.15) is 0 Å². The van der Waals surface area contributed by atoms with Gasteiger partial charge in [0.2, 0.25) is 0 Å². The molecule has 0 radical (unpaired) electrons. The van der Waals surface area contributed by atoms with Gasteiger partial charge in [0.15, 0.2) is 6.04 Å². The van der Waals surface area contributed by atoms with Crippen LogP contribution in [0.15, 0.2) is 0 Å². The van der Waals surface area contributed by atoms with Crippen LogP contribution < -0.4 is 10.6 Å². The van der Waals surface area contributed by atoms with Crippen molar-refractivity contribution in [2.24, 2.45) is 0 Å². The molecule has 0 aromatic rings.